The van der Waals surface area contributed by atoms with Crippen LogP contribution < -0.4 is 5.56 Å². The smallest absolute Gasteiger partial charge is 0.276 e. The Morgan fingerprint density at radius 3 is 3.07 bits per heavy atom. The Balaban J connectivity index is 2.95. The van der Waals surface area contributed by atoms with Gasteiger partial charge >= 0.3 is 0 Å². The highest BCUT2D eigenvalue weighted by atomic mass is 35.5. The van der Waals surface area contributed by atoms with Crippen molar-refractivity contribution in [1.29, 1.82) is 0 Å². The Bertz CT molecular complexity index is 619. The van der Waals surface area contributed by atoms with Crippen molar-refractivity contribution in [3.63, 3.8) is 0 Å². The molecule has 5 nitrogen and oxygen atoms in total. The van der Waals surface area contributed by atoms with Crippen LogP contribution >= 0.6 is 11.6 Å². The third kappa shape index (κ3) is 1.30. The predicted octanol–water partition coefficient (Wildman–Crippen LogP) is 1.79. The van der Waals surface area contributed by atoms with Crippen molar-refractivity contribution in [3.05, 3.63) is 38.7 Å². The van der Waals surface area contributed by atoms with Crippen LogP contribution in [0.5, 0.6) is 0 Å². The summed E-state index contributed by atoms with van der Waals surface area (Å²) in [5, 5.41) is 2.85. The summed E-state index contributed by atoms with van der Waals surface area (Å²) in [6.07, 6.45) is 1.95. The van der Waals surface area contributed by atoms with E-state index < -0.39 is 0 Å². The molecule has 2 aromatic rings. The van der Waals surface area contributed by atoms with Gasteiger partial charge in [-0.05, 0) is 6.42 Å². The summed E-state index contributed by atoms with van der Waals surface area (Å²) in [7, 11) is 0. The van der Waals surface area contributed by atoms with Crippen LogP contribution in [0.25, 0.3) is 10.5 Å². The first-order chi connectivity index (χ1) is 7.19. The molecule has 0 amide bonds. The van der Waals surface area contributed by atoms with Crippen molar-refractivity contribution in [3.8, 4) is 0 Å². The fourth-order valence-electron chi connectivity index (χ4n) is 1.39. The lowest BCUT2D eigenvalue weighted by molar-refractivity contribution is 0.868. The first-order valence-corrected chi connectivity index (χ1v) is 4.72. The molecule has 0 aliphatic carbocycles. The van der Waals surface area contributed by atoms with Crippen molar-refractivity contribution in [2.75, 3.05) is 0 Å². The number of nitrogens with one attached hydrogen (secondary N) is 1. The van der Waals surface area contributed by atoms with Crippen LogP contribution in [-0.2, 0) is 6.42 Å². The van der Waals surface area contributed by atoms with Gasteiger partial charge in [0.15, 0.2) is 5.65 Å². The van der Waals surface area contributed by atoms with Crippen LogP contribution in [0.4, 0.5) is 5.69 Å². The van der Waals surface area contributed by atoms with Gasteiger partial charge in [0, 0.05) is 6.20 Å². The van der Waals surface area contributed by atoms with E-state index in [4.69, 9.17) is 18.2 Å². The number of nitrogens with zero attached hydrogens (tertiary/aromatic N) is 3. The lowest BCUT2D eigenvalue weighted by Crippen LogP contribution is -2.19. The van der Waals surface area contributed by atoms with Gasteiger partial charge in [0.1, 0.15) is 5.15 Å². The molecule has 0 saturated carbocycles. The Labute approximate surface area is 90.1 Å². The summed E-state index contributed by atoms with van der Waals surface area (Å²) in [4.78, 5) is 19.1. The molecule has 0 aliphatic rings. The monoisotopic (exact) mass is 222 g/mol. The topological polar surface area (TPSA) is 54.5 Å². The zero-order chi connectivity index (χ0) is 11.0. The van der Waals surface area contributed by atoms with E-state index in [0.29, 0.717) is 12.0 Å². The number of rotatable bonds is 1. The highest BCUT2D eigenvalue weighted by Gasteiger charge is 2.13. The number of H-pyrrole nitrogens is 1. The summed E-state index contributed by atoms with van der Waals surface area (Å²) in [5.74, 6) is 0. The number of hydrogen-bond acceptors (Lipinski definition) is 2. The fourth-order valence-corrected chi connectivity index (χ4v) is 1.69. The quantitative estimate of drug-likeness (QED) is 0.591. The average molecular weight is 223 g/mol. The van der Waals surface area contributed by atoms with E-state index in [1.165, 1.54) is 10.7 Å². The molecule has 2 heterocycles. The summed E-state index contributed by atoms with van der Waals surface area (Å²) in [6.45, 7) is 8.72. The second-order valence-corrected chi connectivity index (χ2v) is 3.33. The third-order valence-corrected chi connectivity index (χ3v) is 2.47. The minimum atomic E-state index is -0.248. The number of aromatic amines is 1. The van der Waals surface area contributed by atoms with E-state index >= 15 is 0 Å². The van der Waals surface area contributed by atoms with Gasteiger partial charge in [0.2, 0.25) is 5.69 Å². The van der Waals surface area contributed by atoms with Crippen LogP contribution in [0.2, 0.25) is 5.15 Å². The normalized spacial score (nSPS) is 10.5. The molecule has 6 heteroatoms. The van der Waals surface area contributed by atoms with Gasteiger partial charge in [-0.15, -0.1) is 0 Å². The molecule has 0 saturated heterocycles. The van der Waals surface area contributed by atoms with Gasteiger partial charge < -0.3 is 5.10 Å². The molecule has 2 rings (SSSR count). The number of halogens is 1. The third-order valence-electron chi connectivity index (χ3n) is 2.16. The molecule has 0 bridgehead atoms. The zero-order valence-electron chi connectivity index (χ0n) is 7.91. The van der Waals surface area contributed by atoms with Crippen molar-refractivity contribution in [2.45, 2.75) is 13.3 Å². The maximum atomic E-state index is 11.8. The second-order valence-electron chi connectivity index (χ2n) is 2.97. The maximum absolute atomic E-state index is 11.8. The van der Waals surface area contributed by atoms with Gasteiger partial charge in [-0.2, -0.15) is 0 Å². The Morgan fingerprint density at radius 2 is 2.47 bits per heavy atom. The lowest BCUT2D eigenvalue weighted by Gasteiger charge is -2.00. The van der Waals surface area contributed by atoms with E-state index in [1.54, 1.807) is 0 Å². The van der Waals surface area contributed by atoms with Crippen molar-refractivity contribution >= 4 is 22.9 Å². The van der Waals surface area contributed by atoms with Gasteiger partial charge in [-0.3, -0.25) is 4.79 Å². The van der Waals surface area contributed by atoms with E-state index in [2.05, 4.69) is 14.9 Å². The maximum Gasteiger partial charge on any atom is 0.276 e. The lowest BCUT2D eigenvalue weighted by atomic mass is 10.2. The number of hydrogen-bond donors (Lipinski definition) is 1. The van der Waals surface area contributed by atoms with E-state index in [-0.39, 0.29) is 22.0 Å². The summed E-state index contributed by atoms with van der Waals surface area (Å²) < 4.78 is 1.23. The van der Waals surface area contributed by atoms with E-state index in [1.807, 2.05) is 6.92 Å². The Kier molecular flexibility index (Phi) is 2.21. The van der Waals surface area contributed by atoms with Crippen molar-refractivity contribution in [1.82, 2.24) is 14.6 Å². The average Bonchev–Trinajstić information content (AvgIpc) is 2.61. The predicted molar refractivity (Wildman–Crippen MR) is 56.5 cm³/mol. The van der Waals surface area contributed by atoms with Crippen molar-refractivity contribution < 1.29 is 0 Å². The summed E-state index contributed by atoms with van der Waals surface area (Å²) in [5.41, 5.74) is 0.767. The molecule has 15 heavy (non-hydrogen) atoms. The first-order valence-electron chi connectivity index (χ1n) is 4.35. The van der Waals surface area contributed by atoms with E-state index in [9.17, 15) is 4.79 Å². The van der Waals surface area contributed by atoms with Crippen LogP contribution in [0, 0.1) is 6.57 Å². The molecule has 0 atom stereocenters. The minimum Gasteiger partial charge on any atom is -0.308 e. The molecule has 2 aromatic heterocycles. The first kappa shape index (κ1) is 9.74. The number of aromatic nitrogens is 3. The fraction of sp³-hybridized carbons (Fsp3) is 0.222. The number of fused-ring (bicyclic) bond motifs is 1. The summed E-state index contributed by atoms with van der Waals surface area (Å²) >= 11 is 5.85. The van der Waals surface area contributed by atoms with Gasteiger partial charge in [-0.25, -0.2) is 14.3 Å². The SMILES string of the molecule is [C-]#[N+]c1c[nH]n2c(=O)c(CC)c(Cl)nc12. The Hall–Kier alpha value is -1.80. The molecular weight excluding hydrogens is 216 g/mol. The minimum absolute atomic E-state index is 0.173. The standard InChI is InChI=1S/C9H7ClN4O/c1-3-5-7(10)13-8-6(11-2)4-12-14(8)9(5)15/h4,12H,3H2,1H3. The molecule has 0 aromatic carbocycles. The molecule has 0 spiro atoms. The van der Waals surface area contributed by atoms with Crippen LogP contribution in [0.15, 0.2) is 11.0 Å². The van der Waals surface area contributed by atoms with Crippen LogP contribution in [0.1, 0.15) is 12.5 Å². The molecule has 1 N–H and O–H groups in total. The van der Waals surface area contributed by atoms with Crippen molar-refractivity contribution in [2.24, 2.45) is 0 Å². The summed E-state index contributed by atoms with van der Waals surface area (Å²) in [6, 6.07) is 0. The Morgan fingerprint density at radius 1 is 1.73 bits per heavy atom. The van der Waals surface area contributed by atoms with Gasteiger partial charge in [-0.1, -0.05) is 18.5 Å². The second kappa shape index (κ2) is 3.41. The molecular formula is C9H7ClN4O. The van der Waals surface area contributed by atoms with E-state index in [0.717, 1.165) is 0 Å². The molecule has 76 valence electrons. The molecule has 0 unspecified atom stereocenters. The molecule has 0 fully saturated rings. The largest absolute Gasteiger partial charge is 0.308 e. The van der Waals surface area contributed by atoms with Gasteiger partial charge in [0.05, 0.1) is 12.1 Å². The highest BCUT2D eigenvalue weighted by Crippen LogP contribution is 2.19. The van der Waals surface area contributed by atoms with Gasteiger partial charge in [0.25, 0.3) is 5.56 Å². The zero-order valence-corrected chi connectivity index (χ0v) is 8.67. The van der Waals surface area contributed by atoms with Crippen LogP contribution in [0.3, 0.4) is 0 Å². The highest BCUT2D eigenvalue weighted by molar-refractivity contribution is 6.30. The molecule has 0 radical (unpaired) electrons. The molecule has 0 aliphatic heterocycles. The van der Waals surface area contributed by atoms with Crippen LogP contribution in [-0.4, -0.2) is 14.6 Å².